The van der Waals surface area contributed by atoms with Gasteiger partial charge in [0.1, 0.15) is 0 Å². The van der Waals surface area contributed by atoms with Crippen molar-refractivity contribution in [2.45, 2.75) is 78.2 Å². The molecule has 0 spiro atoms. The summed E-state index contributed by atoms with van der Waals surface area (Å²) in [6, 6.07) is 0.593. The number of hydrogen-bond acceptors (Lipinski definition) is 3. The number of ether oxygens (including phenoxy) is 1. The Balaban J connectivity index is 3.42. The average molecular weight is 302 g/mol. The van der Waals surface area contributed by atoms with Crippen LogP contribution < -0.4 is 0 Å². The van der Waals surface area contributed by atoms with E-state index in [2.05, 4.69) is 32.7 Å². The Morgan fingerprint density at radius 1 is 0.952 bits per heavy atom. The second-order valence-corrected chi connectivity index (χ2v) is 6.57. The van der Waals surface area contributed by atoms with E-state index in [-0.39, 0.29) is 0 Å². The monoisotopic (exact) mass is 301 g/mol. The molecule has 0 bridgehead atoms. The third kappa shape index (κ3) is 13.3. The molecule has 0 aromatic heterocycles. The first kappa shape index (κ1) is 20.9. The Morgan fingerprint density at radius 3 is 2.38 bits per heavy atom. The summed E-state index contributed by atoms with van der Waals surface area (Å²) in [6.45, 7) is 9.93. The van der Waals surface area contributed by atoms with Crippen molar-refractivity contribution in [1.29, 1.82) is 0 Å². The van der Waals surface area contributed by atoms with Gasteiger partial charge in [0.05, 0.1) is 0 Å². The zero-order valence-corrected chi connectivity index (χ0v) is 14.9. The van der Waals surface area contributed by atoms with Crippen LogP contribution in [0, 0.1) is 5.92 Å². The fourth-order valence-electron chi connectivity index (χ4n) is 2.37. The lowest BCUT2D eigenvalue weighted by molar-refractivity contribution is 0.105. The fraction of sp³-hybridized carbons (Fsp3) is 1.00. The molecule has 1 N–H and O–H groups in total. The molecular weight excluding hydrogens is 262 g/mol. The van der Waals surface area contributed by atoms with Crippen molar-refractivity contribution in [3.63, 3.8) is 0 Å². The first-order valence-corrected chi connectivity index (χ1v) is 9.00. The Kier molecular flexibility index (Phi) is 14.7. The van der Waals surface area contributed by atoms with Gasteiger partial charge in [0.15, 0.2) is 0 Å². The van der Waals surface area contributed by atoms with E-state index in [0.717, 1.165) is 32.6 Å². The van der Waals surface area contributed by atoms with Crippen molar-refractivity contribution in [1.82, 2.24) is 4.90 Å². The molecule has 0 aromatic rings. The van der Waals surface area contributed by atoms with Crippen molar-refractivity contribution in [3.8, 4) is 0 Å². The maximum Gasteiger partial charge on any atom is 0.0480 e. The van der Waals surface area contributed by atoms with Gasteiger partial charge in [-0.15, -0.1) is 0 Å². The van der Waals surface area contributed by atoms with Crippen LogP contribution in [0.3, 0.4) is 0 Å². The van der Waals surface area contributed by atoms with Gasteiger partial charge in [-0.2, -0.15) is 0 Å². The Morgan fingerprint density at radius 2 is 1.71 bits per heavy atom. The molecule has 0 heterocycles. The van der Waals surface area contributed by atoms with E-state index < -0.39 is 0 Å². The van der Waals surface area contributed by atoms with Crippen LogP contribution in [-0.4, -0.2) is 49.5 Å². The van der Waals surface area contributed by atoms with Gasteiger partial charge < -0.3 is 14.7 Å². The molecule has 0 aliphatic heterocycles. The van der Waals surface area contributed by atoms with E-state index in [4.69, 9.17) is 9.84 Å². The van der Waals surface area contributed by atoms with E-state index in [1.807, 2.05) is 0 Å². The SMILES string of the molecule is CCCCCCOCCC(C)N(C)CCCCC(C)CO. The Hall–Kier alpha value is -0.120. The molecule has 0 saturated heterocycles. The summed E-state index contributed by atoms with van der Waals surface area (Å²) < 4.78 is 5.72. The van der Waals surface area contributed by atoms with Crippen LogP contribution in [0.25, 0.3) is 0 Å². The molecule has 3 nitrogen and oxygen atoms in total. The minimum atomic E-state index is 0.321. The molecule has 0 aromatic carbocycles. The van der Waals surface area contributed by atoms with Crippen molar-refractivity contribution in [3.05, 3.63) is 0 Å². The standard InChI is InChI=1S/C18H39NO2/c1-5-6-7-10-14-21-15-12-18(3)19(4)13-9-8-11-17(2)16-20/h17-18,20H,5-16H2,1-4H3. The predicted octanol–water partition coefficient (Wildman–Crippen LogP) is 4.09. The zero-order valence-electron chi connectivity index (χ0n) is 14.9. The smallest absolute Gasteiger partial charge is 0.0480 e. The van der Waals surface area contributed by atoms with Gasteiger partial charge in [0.2, 0.25) is 0 Å². The molecule has 2 unspecified atom stereocenters. The summed E-state index contributed by atoms with van der Waals surface area (Å²) in [7, 11) is 2.21. The molecule has 2 atom stereocenters. The van der Waals surface area contributed by atoms with E-state index in [9.17, 15) is 0 Å². The molecular formula is C18H39NO2. The van der Waals surface area contributed by atoms with Crippen molar-refractivity contribution in [2.75, 3.05) is 33.4 Å². The molecule has 128 valence electrons. The van der Waals surface area contributed by atoms with Gasteiger partial charge in [-0.05, 0) is 52.1 Å². The third-order valence-corrected chi connectivity index (χ3v) is 4.34. The first-order valence-electron chi connectivity index (χ1n) is 9.00. The molecule has 3 heteroatoms. The van der Waals surface area contributed by atoms with Crippen LogP contribution in [-0.2, 0) is 4.74 Å². The van der Waals surface area contributed by atoms with Crippen LogP contribution in [0.15, 0.2) is 0 Å². The summed E-state index contributed by atoms with van der Waals surface area (Å²) in [4.78, 5) is 2.43. The van der Waals surface area contributed by atoms with Crippen LogP contribution in [0.5, 0.6) is 0 Å². The molecule has 0 aliphatic rings. The summed E-state index contributed by atoms with van der Waals surface area (Å²) >= 11 is 0. The molecule has 0 saturated carbocycles. The number of aliphatic hydroxyl groups is 1. The van der Waals surface area contributed by atoms with Crippen LogP contribution in [0.1, 0.15) is 72.1 Å². The second kappa shape index (κ2) is 14.8. The topological polar surface area (TPSA) is 32.7 Å². The molecule has 21 heavy (non-hydrogen) atoms. The highest BCUT2D eigenvalue weighted by atomic mass is 16.5. The van der Waals surface area contributed by atoms with Gasteiger partial charge in [-0.25, -0.2) is 0 Å². The highest BCUT2D eigenvalue weighted by molar-refractivity contribution is 4.63. The number of hydrogen-bond donors (Lipinski definition) is 1. The number of nitrogens with zero attached hydrogens (tertiary/aromatic N) is 1. The number of unbranched alkanes of at least 4 members (excludes halogenated alkanes) is 4. The fourth-order valence-corrected chi connectivity index (χ4v) is 2.37. The van der Waals surface area contributed by atoms with Gasteiger partial charge in [-0.3, -0.25) is 0 Å². The summed E-state index contributed by atoms with van der Waals surface area (Å²) in [6.07, 6.45) is 9.84. The van der Waals surface area contributed by atoms with E-state index in [1.165, 1.54) is 38.5 Å². The number of rotatable bonds is 15. The Bertz CT molecular complexity index is 211. The molecule has 0 fully saturated rings. The summed E-state index contributed by atoms with van der Waals surface area (Å²) in [5.41, 5.74) is 0. The normalized spacial score (nSPS) is 14.6. The van der Waals surface area contributed by atoms with Crippen molar-refractivity contribution in [2.24, 2.45) is 5.92 Å². The largest absolute Gasteiger partial charge is 0.396 e. The van der Waals surface area contributed by atoms with Crippen molar-refractivity contribution < 1.29 is 9.84 Å². The molecule has 0 rings (SSSR count). The van der Waals surface area contributed by atoms with Gasteiger partial charge >= 0.3 is 0 Å². The lowest BCUT2D eigenvalue weighted by Crippen LogP contribution is -2.31. The predicted molar refractivity (Wildman–Crippen MR) is 91.8 cm³/mol. The minimum Gasteiger partial charge on any atom is -0.396 e. The summed E-state index contributed by atoms with van der Waals surface area (Å²) in [5.74, 6) is 0.453. The van der Waals surface area contributed by atoms with E-state index in [0.29, 0.717) is 18.6 Å². The molecule has 0 aliphatic carbocycles. The molecule has 0 radical (unpaired) electrons. The zero-order chi connectivity index (χ0) is 15.9. The lowest BCUT2D eigenvalue weighted by atomic mass is 10.1. The summed E-state index contributed by atoms with van der Waals surface area (Å²) in [5, 5.41) is 9.00. The Labute approximate surface area is 133 Å². The van der Waals surface area contributed by atoms with Gasteiger partial charge in [-0.1, -0.05) is 39.5 Å². The molecule has 0 amide bonds. The number of aliphatic hydroxyl groups excluding tert-OH is 1. The highest BCUT2D eigenvalue weighted by Crippen LogP contribution is 2.09. The van der Waals surface area contributed by atoms with E-state index >= 15 is 0 Å². The minimum absolute atomic E-state index is 0.321. The maximum absolute atomic E-state index is 9.00. The van der Waals surface area contributed by atoms with Crippen LogP contribution >= 0.6 is 0 Å². The lowest BCUT2D eigenvalue weighted by Gasteiger charge is -2.24. The van der Waals surface area contributed by atoms with E-state index in [1.54, 1.807) is 0 Å². The van der Waals surface area contributed by atoms with Crippen molar-refractivity contribution >= 4 is 0 Å². The van der Waals surface area contributed by atoms with Gasteiger partial charge in [0.25, 0.3) is 0 Å². The quantitative estimate of drug-likeness (QED) is 0.462. The van der Waals surface area contributed by atoms with Gasteiger partial charge in [0, 0.05) is 25.9 Å². The van der Waals surface area contributed by atoms with Crippen LogP contribution in [0.4, 0.5) is 0 Å². The third-order valence-electron chi connectivity index (χ3n) is 4.34. The maximum atomic E-state index is 9.00. The second-order valence-electron chi connectivity index (χ2n) is 6.57. The highest BCUT2D eigenvalue weighted by Gasteiger charge is 2.09. The van der Waals surface area contributed by atoms with Crippen LogP contribution in [0.2, 0.25) is 0 Å². The average Bonchev–Trinajstić information content (AvgIpc) is 2.49. The first-order chi connectivity index (χ1) is 10.1.